The van der Waals surface area contributed by atoms with Gasteiger partial charge in [0.15, 0.2) is 0 Å². The highest BCUT2D eigenvalue weighted by atomic mass is 32.2. The van der Waals surface area contributed by atoms with Crippen LogP contribution in [-0.2, 0) is 6.18 Å². The topological polar surface area (TPSA) is 43.1 Å². The molecule has 3 nitrogen and oxygen atoms in total. The van der Waals surface area contributed by atoms with Crippen molar-refractivity contribution < 1.29 is 18.1 Å². The Morgan fingerprint density at radius 1 is 1.33 bits per heavy atom. The number of rotatable bonds is 2. The van der Waals surface area contributed by atoms with Crippen molar-refractivity contribution in [2.75, 3.05) is 6.26 Å². The molecule has 0 amide bonds. The summed E-state index contributed by atoms with van der Waals surface area (Å²) in [7, 11) is 0. The maximum atomic E-state index is 12.3. The molecule has 0 aromatic heterocycles. The van der Waals surface area contributed by atoms with Crippen LogP contribution in [0.5, 0.6) is 0 Å². The van der Waals surface area contributed by atoms with Gasteiger partial charge in [0.2, 0.25) is 0 Å². The summed E-state index contributed by atoms with van der Waals surface area (Å²) in [6.07, 6.45) is -3.00. The zero-order valence-corrected chi connectivity index (χ0v) is 8.35. The minimum atomic E-state index is -4.56. The van der Waals surface area contributed by atoms with Crippen LogP contribution in [0.15, 0.2) is 23.1 Å². The molecule has 0 bridgehead atoms. The predicted octanol–water partition coefficient (Wildman–Crippen LogP) is 3.34. The predicted molar refractivity (Wildman–Crippen MR) is 49.9 cm³/mol. The molecule has 0 heterocycles. The Morgan fingerprint density at radius 3 is 2.33 bits per heavy atom. The van der Waals surface area contributed by atoms with Crippen molar-refractivity contribution in [3.8, 4) is 0 Å². The van der Waals surface area contributed by atoms with Gasteiger partial charge in [-0.15, -0.1) is 11.8 Å². The van der Waals surface area contributed by atoms with Crippen molar-refractivity contribution in [3.63, 3.8) is 0 Å². The molecule has 0 atom stereocenters. The van der Waals surface area contributed by atoms with Crippen LogP contribution >= 0.6 is 11.8 Å². The highest BCUT2D eigenvalue weighted by molar-refractivity contribution is 7.98. The van der Waals surface area contributed by atoms with Gasteiger partial charge in [-0.3, -0.25) is 10.1 Å². The van der Waals surface area contributed by atoms with Gasteiger partial charge in [0, 0.05) is 17.0 Å². The van der Waals surface area contributed by atoms with Crippen LogP contribution in [0.4, 0.5) is 18.9 Å². The van der Waals surface area contributed by atoms with Crippen LogP contribution in [-0.4, -0.2) is 11.2 Å². The molecule has 0 unspecified atom stereocenters. The van der Waals surface area contributed by atoms with E-state index in [1.165, 1.54) is 0 Å². The third-order valence-corrected chi connectivity index (χ3v) is 2.37. The molecule has 1 rings (SSSR count). The number of nitrogens with zero attached hydrogens (tertiary/aromatic N) is 1. The third-order valence-electron chi connectivity index (χ3n) is 1.67. The molecule has 0 radical (unpaired) electrons. The summed E-state index contributed by atoms with van der Waals surface area (Å²) in [5.74, 6) is 0. The van der Waals surface area contributed by atoms with Crippen LogP contribution in [0.3, 0.4) is 0 Å². The van der Waals surface area contributed by atoms with Crippen LogP contribution in [0.25, 0.3) is 0 Å². The van der Waals surface area contributed by atoms with E-state index in [0.717, 1.165) is 23.9 Å². The van der Waals surface area contributed by atoms with Crippen LogP contribution in [0.2, 0.25) is 0 Å². The molecule has 0 saturated heterocycles. The molecular formula is C8H6F3NO2S. The lowest BCUT2D eigenvalue weighted by molar-refractivity contribution is -0.385. The van der Waals surface area contributed by atoms with Crippen LogP contribution in [0.1, 0.15) is 5.56 Å². The van der Waals surface area contributed by atoms with Crippen molar-refractivity contribution in [2.24, 2.45) is 0 Å². The van der Waals surface area contributed by atoms with E-state index in [0.29, 0.717) is 6.07 Å². The monoisotopic (exact) mass is 237 g/mol. The number of alkyl halides is 3. The molecule has 82 valence electrons. The van der Waals surface area contributed by atoms with E-state index in [1.54, 1.807) is 6.26 Å². The Kier molecular flexibility index (Phi) is 3.23. The normalized spacial score (nSPS) is 11.5. The minimum absolute atomic E-state index is 0.219. The zero-order valence-electron chi connectivity index (χ0n) is 7.54. The molecule has 15 heavy (non-hydrogen) atoms. The second kappa shape index (κ2) is 4.09. The molecule has 1 aromatic carbocycles. The van der Waals surface area contributed by atoms with E-state index in [4.69, 9.17) is 0 Å². The molecule has 0 spiro atoms. The summed E-state index contributed by atoms with van der Waals surface area (Å²) in [6, 6.07) is 2.53. The first kappa shape index (κ1) is 11.8. The molecular weight excluding hydrogens is 231 g/mol. The van der Waals surface area contributed by atoms with Gasteiger partial charge in [-0.05, 0) is 12.3 Å². The SMILES string of the molecule is CSc1cc([N+](=O)[O-])cc(C(F)(F)F)c1. The van der Waals surface area contributed by atoms with E-state index >= 15 is 0 Å². The lowest BCUT2D eigenvalue weighted by atomic mass is 10.2. The van der Waals surface area contributed by atoms with E-state index in [2.05, 4.69) is 0 Å². The fraction of sp³-hybridized carbons (Fsp3) is 0.250. The molecule has 7 heteroatoms. The Hall–Kier alpha value is -1.24. The second-order valence-corrected chi connectivity index (χ2v) is 3.55. The Labute approximate surface area is 87.4 Å². The first-order valence-corrected chi connectivity index (χ1v) is 4.97. The maximum absolute atomic E-state index is 12.3. The van der Waals surface area contributed by atoms with E-state index in [9.17, 15) is 23.3 Å². The Balaban J connectivity index is 3.30. The van der Waals surface area contributed by atoms with Gasteiger partial charge in [-0.25, -0.2) is 0 Å². The number of benzene rings is 1. The highest BCUT2D eigenvalue weighted by Gasteiger charge is 2.32. The van der Waals surface area contributed by atoms with Gasteiger partial charge < -0.3 is 0 Å². The van der Waals surface area contributed by atoms with Crippen LogP contribution in [0, 0.1) is 10.1 Å². The van der Waals surface area contributed by atoms with Crippen LogP contribution < -0.4 is 0 Å². The van der Waals surface area contributed by atoms with E-state index in [-0.39, 0.29) is 4.90 Å². The molecule has 1 aromatic rings. The van der Waals surface area contributed by atoms with Gasteiger partial charge in [0.1, 0.15) is 0 Å². The summed E-state index contributed by atoms with van der Waals surface area (Å²) in [5.41, 5.74) is -1.55. The largest absolute Gasteiger partial charge is 0.416 e. The number of halogens is 3. The standard InChI is InChI=1S/C8H6F3NO2S/c1-15-7-3-5(8(9,10)11)2-6(4-7)12(13)14/h2-4H,1H3. The van der Waals surface area contributed by atoms with Crippen molar-refractivity contribution in [3.05, 3.63) is 33.9 Å². The molecule has 0 N–H and O–H groups in total. The van der Waals surface area contributed by atoms with E-state index in [1.807, 2.05) is 0 Å². The molecule has 0 fully saturated rings. The third kappa shape index (κ3) is 2.85. The number of thioether (sulfide) groups is 1. The maximum Gasteiger partial charge on any atom is 0.416 e. The first-order valence-electron chi connectivity index (χ1n) is 3.75. The Bertz CT molecular complexity index is 392. The number of non-ortho nitro benzene ring substituents is 1. The van der Waals surface area contributed by atoms with Gasteiger partial charge in [-0.1, -0.05) is 0 Å². The summed E-state index contributed by atoms with van der Waals surface area (Å²) in [4.78, 5) is 9.76. The average Bonchev–Trinajstić information content (AvgIpc) is 2.15. The van der Waals surface area contributed by atoms with Crippen molar-refractivity contribution >= 4 is 17.4 Å². The lowest BCUT2D eigenvalue weighted by Crippen LogP contribution is -2.05. The van der Waals surface area contributed by atoms with Gasteiger partial charge >= 0.3 is 6.18 Å². The molecule has 0 aliphatic rings. The Morgan fingerprint density at radius 2 is 1.93 bits per heavy atom. The minimum Gasteiger partial charge on any atom is -0.258 e. The quantitative estimate of drug-likeness (QED) is 0.450. The van der Waals surface area contributed by atoms with Crippen molar-refractivity contribution in [2.45, 2.75) is 11.1 Å². The number of hydrogen-bond acceptors (Lipinski definition) is 3. The van der Waals surface area contributed by atoms with Gasteiger partial charge in [-0.2, -0.15) is 13.2 Å². The molecule has 0 saturated carbocycles. The first-order chi connectivity index (χ1) is 6.84. The summed E-state index contributed by atoms with van der Waals surface area (Å²) < 4.78 is 36.9. The fourth-order valence-corrected chi connectivity index (χ4v) is 1.45. The number of nitro benzene ring substituents is 1. The summed E-state index contributed by atoms with van der Waals surface area (Å²) in [6.45, 7) is 0. The van der Waals surface area contributed by atoms with Crippen molar-refractivity contribution in [1.82, 2.24) is 0 Å². The number of hydrogen-bond donors (Lipinski definition) is 0. The van der Waals surface area contributed by atoms with Gasteiger partial charge in [0.25, 0.3) is 5.69 Å². The second-order valence-electron chi connectivity index (χ2n) is 2.67. The van der Waals surface area contributed by atoms with Crippen molar-refractivity contribution in [1.29, 1.82) is 0 Å². The highest BCUT2D eigenvalue weighted by Crippen LogP contribution is 2.34. The smallest absolute Gasteiger partial charge is 0.258 e. The molecule has 0 aliphatic heterocycles. The number of nitro groups is 1. The lowest BCUT2D eigenvalue weighted by Gasteiger charge is -2.07. The summed E-state index contributed by atoms with van der Waals surface area (Å²) >= 11 is 1.03. The average molecular weight is 237 g/mol. The summed E-state index contributed by atoms with van der Waals surface area (Å²) in [5, 5.41) is 10.4. The van der Waals surface area contributed by atoms with Gasteiger partial charge in [0.05, 0.1) is 10.5 Å². The zero-order chi connectivity index (χ0) is 11.6. The fourth-order valence-electron chi connectivity index (χ4n) is 0.970. The molecule has 0 aliphatic carbocycles. The van der Waals surface area contributed by atoms with E-state index < -0.39 is 22.4 Å².